The molecule has 7 heteroatoms. The van der Waals surface area contributed by atoms with Gasteiger partial charge in [-0.05, 0) is 24.7 Å². The minimum absolute atomic E-state index is 0.0630. The number of carbonyl (C=O) groups is 2. The minimum Gasteiger partial charge on any atom is -0.467 e. The number of hydrogen-bond donors (Lipinski definition) is 1. The van der Waals surface area contributed by atoms with E-state index in [0.717, 1.165) is 0 Å². The molecule has 0 bridgehead atoms. The van der Waals surface area contributed by atoms with Crippen molar-refractivity contribution < 1.29 is 22.7 Å². The maximum atomic E-state index is 11.9. The van der Waals surface area contributed by atoms with Crippen LogP contribution in [-0.4, -0.2) is 45.0 Å². The first kappa shape index (κ1) is 16.9. The van der Waals surface area contributed by atoms with E-state index in [9.17, 15) is 18.0 Å². The molecule has 1 saturated heterocycles. The summed E-state index contributed by atoms with van der Waals surface area (Å²) in [6, 6.07) is -0.662. The van der Waals surface area contributed by atoms with Crippen molar-refractivity contribution in [3.05, 3.63) is 0 Å². The zero-order valence-corrected chi connectivity index (χ0v) is 13.0. The third kappa shape index (κ3) is 5.48. The Morgan fingerprint density at radius 3 is 2.45 bits per heavy atom. The molecule has 0 aromatic rings. The molecular formula is C13H23NO5S. The van der Waals surface area contributed by atoms with Crippen LogP contribution in [0, 0.1) is 11.8 Å². The van der Waals surface area contributed by atoms with Gasteiger partial charge in [0.15, 0.2) is 9.84 Å². The fraction of sp³-hybridized carbons (Fsp3) is 0.846. The maximum absolute atomic E-state index is 11.9. The highest BCUT2D eigenvalue weighted by Gasteiger charge is 2.30. The Hall–Kier alpha value is -1.11. The summed E-state index contributed by atoms with van der Waals surface area (Å²) in [4.78, 5) is 23.5. The van der Waals surface area contributed by atoms with Crippen LogP contribution in [0.1, 0.15) is 33.1 Å². The molecular weight excluding hydrogens is 282 g/mol. The second-order valence-electron chi connectivity index (χ2n) is 5.75. The van der Waals surface area contributed by atoms with Crippen LogP contribution in [0.25, 0.3) is 0 Å². The summed E-state index contributed by atoms with van der Waals surface area (Å²) in [6.07, 6.45) is 1.16. The fourth-order valence-electron chi connectivity index (χ4n) is 2.38. The van der Waals surface area contributed by atoms with E-state index in [1.807, 2.05) is 13.8 Å². The second-order valence-corrected chi connectivity index (χ2v) is 7.97. The molecule has 0 aromatic carbocycles. The summed E-state index contributed by atoms with van der Waals surface area (Å²) >= 11 is 0. The summed E-state index contributed by atoms with van der Waals surface area (Å²) in [5, 5.41) is 2.64. The quantitative estimate of drug-likeness (QED) is 0.722. The Balaban J connectivity index is 2.52. The zero-order chi connectivity index (χ0) is 15.3. The summed E-state index contributed by atoms with van der Waals surface area (Å²) < 4.78 is 27.3. The van der Waals surface area contributed by atoms with Crippen molar-refractivity contribution in [3.8, 4) is 0 Å². The van der Waals surface area contributed by atoms with Crippen molar-refractivity contribution in [3.63, 3.8) is 0 Å². The number of ether oxygens (including phenoxy) is 1. The normalized spacial score (nSPS) is 22.5. The van der Waals surface area contributed by atoms with E-state index in [0.29, 0.717) is 12.8 Å². The lowest BCUT2D eigenvalue weighted by atomic mass is 10.0. The van der Waals surface area contributed by atoms with Crippen molar-refractivity contribution >= 4 is 21.7 Å². The zero-order valence-electron chi connectivity index (χ0n) is 12.2. The standard InChI is InChI=1S/C13H23NO5S/c1-9(2)6-11(13(16)19-3)14-12(15)7-10-4-5-20(17,18)8-10/h9-11H,4-8H2,1-3H3,(H,14,15). The topological polar surface area (TPSA) is 89.5 Å². The van der Waals surface area contributed by atoms with Gasteiger partial charge in [-0.2, -0.15) is 0 Å². The average Bonchev–Trinajstić information content (AvgIpc) is 2.66. The number of amides is 1. The highest BCUT2D eigenvalue weighted by molar-refractivity contribution is 7.91. The number of rotatable bonds is 6. The van der Waals surface area contributed by atoms with Gasteiger partial charge in [0.05, 0.1) is 18.6 Å². The van der Waals surface area contributed by atoms with E-state index < -0.39 is 21.8 Å². The Morgan fingerprint density at radius 1 is 1.35 bits per heavy atom. The van der Waals surface area contributed by atoms with Crippen molar-refractivity contribution in [1.29, 1.82) is 0 Å². The SMILES string of the molecule is COC(=O)C(CC(C)C)NC(=O)CC1CCS(=O)(=O)C1. The van der Waals surface area contributed by atoms with Gasteiger partial charge < -0.3 is 10.1 Å². The van der Waals surface area contributed by atoms with E-state index in [2.05, 4.69) is 10.1 Å². The first-order valence-corrected chi connectivity index (χ1v) is 8.63. The van der Waals surface area contributed by atoms with Gasteiger partial charge >= 0.3 is 5.97 Å². The summed E-state index contributed by atoms with van der Waals surface area (Å²) in [7, 11) is -1.70. The summed E-state index contributed by atoms with van der Waals surface area (Å²) in [5.74, 6) is -0.442. The van der Waals surface area contributed by atoms with Crippen LogP contribution in [0.5, 0.6) is 0 Å². The van der Waals surface area contributed by atoms with Crippen LogP contribution in [0.2, 0.25) is 0 Å². The Labute approximate surface area is 120 Å². The van der Waals surface area contributed by atoms with Gasteiger partial charge in [-0.25, -0.2) is 13.2 Å². The molecule has 1 heterocycles. The molecule has 1 aliphatic rings. The highest BCUT2D eigenvalue weighted by Crippen LogP contribution is 2.21. The number of nitrogens with one attached hydrogen (secondary N) is 1. The third-order valence-electron chi connectivity index (χ3n) is 3.33. The first-order chi connectivity index (χ1) is 9.23. The molecule has 20 heavy (non-hydrogen) atoms. The van der Waals surface area contributed by atoms with E-state index >= 15 is 0 Å². The molecule has 2 atom stereocenters. The fourth-order valence-corrected chi connectivity index (χ4v) is 4.24. The van der Waals surface area contributed by atoms with Crippen LogP contribution in [-0.2, 0) is 24.2 Å². The molecule has 0 aromatic heterocycles. The van der Waals surface area contributed by atoms with Crippen LogP contribution in [0.15, 0.2) is 0 Å². The number of methoxy groups -OCH3 is 1. The van der Waals surface area contributed by atoms with Gasteiger partial charge in [-0.3, -0.25) is 4.79 Å². The number of hydrogen-bond acceptors (Lipinski definition) is 5. The molecule has 0 aliphatic carbocycles. The third-order valence-corrected chi connectivity index (χ3v) is 5.17. The van der Waals surface area contributed by atoms with Crippen LogP contribution in [0.4, 0.5) is 0 Å². The number of esters is 1. The average molecular weight is 305 g/mol. The monoisotopic (exact) mass is 305 g/mol. The summed E-state index contributed by atoms with van der Waals surface area (Å²) in [5.41, 5.74) is 0. The minimum atomic E-state index is -2.98. The van der Waals surface area contributed by atoms with E-state index in [1.54, 1.807) is 0 Å². The van der Waals surface area contributed by atoms with E-state index in [1.165, 1.54) is 7.11 Å². The van der Waals surface area contributed by atoms with Gasteiger partial charge in [-0.1, -0.05) is 13.8 Å². The van der Waals surface area contributed by atoms with Crippen LogP contribution < -0.4 is 5.32 Å². The highest BCUT2D eigenvalue weighted by atomic mass is 32.2. The molecule has 116 valence electrons. The molecule has 1 amide bonds. The molecule has 6 nitrogen and oxygen atoms in total. The van der Waals surface area contributed by atoms with Gasteiger partial charge in [-0.15, -0.1) is 0 Å². The number of carbonyl (C=O) groups excluding carboxylic acids is 2. The molecule has 2 unspecified atom stereocenters. The lowest BCUT2D eigenvalue weighted by Gasteiger charge is -2.19. The molecule has 0 spiro atoms. The molecule has 0 radical (unpaired) electrons. The molecule has 1 fully saturated rings. The lowest BCUT2D eigenvalue weighted by molar-refractivity contribution is -0.145. The predicted octanol–water partition coefficient (Wildman–Crippen LogP) is 0.515. The molecule has 1 aliphatic heterocycles. The van der Waals surface area contributed by atoms with Gasteiger partial charge in [0, 0.05) is 6.42 Å². The smallest absolute Gasteiger partial charge is 0.328 e. The lowest BCUT2D eigenvalue weighted by Crippen LogP contribution is -2.43. The van der Waals surface area contributed by atoms with Crippen LogP contribution >= 0.6 is 0 Å². The number of sulfone groups is 1. The van der Waals surface area contributed by atoms with E-state index in [4.69, 9.17) is 0 Å². The Bertz CT molecular complexity index is 457. The van der Waals surface area contributed by atoms with Crippen molar-refractivity contribution in [2.45, 2.75) is 39.2 Å². The van der Waals surface area contributed by atoms with Crippen LogP contribution in [0.3, 0.4) is 0 Å². The van der Waals surface area contributed by atoms with Crippen molar-refractivity contribution in [1.82, 2.24) is 5.32 Å². The van der Waals surface area contributed by atoms with Crippen molar-refractivity contribution in [2.24, 2.45) is 11.8 Å². The maximum Gasteiger partial charge on any atom is 0.328 e. The Kier molecular flexibility index (Phi) is 5.98. The van der Waals surface area contributed by atoms with Gasteiger partial charge in [0.25, 0.3) is 0 Å². The molecule has 0 saturated carbocycles. The predicted molar refractivity (Wildman–Crippen MR) is 74.8 cm³/mol. The Morgan fingerprint density at radius 2 is 2.00 bits per heavy atom. The first-order valence-electron chi connectivity index (χ1n) is 6.81. The van der Waals surface area contributed by atoms with Gasteiger partial charge in [0.1, 0.15) is 6.04 Å². The summed E-state index contributed by atoms with van der Waals surface area (Å²) in [6.45, 7) is 3.90. The van der Waals surface area contributed by atoms with Gasteiger partial charge in [0.2, 0.25) is 5.91 Å². The van der Waals surface area contributed by atoms with Crippen molar-refractivity contribution in [2.75, 3.05) is 18.6 Å². The molecule has 1 N–H and O–H groups in total. The molecule has 1 rings (SSSR count). The van der Waals surface area contributed by atoms with E-state index in [-0.39, 0.29) is 35.7 Å². The largest absolute Gasteiger partial charge is 0.467 e. The second kappa shape index (κ2) is 7.06.